The number of nitrogens with two attached hydrogens (primary N) is 1. The van der Waals surface area contributed by atoms with Gasteiger partial charge in [0.1, 0.15) is 0 Å². The first-order valence-corrected chi connectivity index (χ1v) is 6.90. The summed E-state index contributed by atoms with van der Waals surface area (Å²) >= 11 is 0. The number of carbonyl (C=O) groups is 1. The highest BCUT2D eigenvalue weighted by atomic mass is 19.1. The molecule has 1 aliphatic heterocycles. The van der Waals surface area contributed by atoms with E-state index in [2.05, 4.69) is 0 Å². The van der Waals surface area contributed by atoms with Crippen LogP contribution in [0.3, 0.4) is 0 Å². The molecule has 21 heavy (non-hydrogen) atoms. The average molecular weight is 295 g/mol. The summed E-state index contributed by atoms with van der Waals surface area (Å²) in [6.07, 6.45) is 2.05. The van der Waals surface area contributed by atoms with Gasteiger partial charge < -0.3 is 5.73 Å². The Hall–Kier alpha value is -2.02. The molecule has 0 radical (unpaired) electrons. The summed E-state index contributed by atoms with van der Waals surface area (Å²) in [5.74, 6) is -0.770. The van der Waals surface area contributed by atoms with Gasteiger partial charge in [-0.1, -0.05) is 12.1 Å². The first-order chi connectivity index (χ1) is 9.97. The Labute approximate surface area is 121 Å². The van der Waals surface area contributed by atoms with Crippen molar-refractivity contribution in [1.29, 1.82) is 0 Å². The number of nitrogens with zero attached hydrogens (tertiary/aromatic N) is 2. The minimum absolute atomic E-state index is 0.286. The van der Waals surface area contributed by atoms with Gasteiger partial charge >= 0.3 is 5.69 Å². The maximum absolute atomic E-state index is 14.0. The zero-order valence-electron chi connectivity index (χ0n) is 11.6. The number of halogens is 1. The Balaban J connectivity index is 1.96. The molecule has 0 spiro atoms. The molecule has 0 aliphatic carbocycles. The summed E-state index contributed by atoms with van der Waals surface area (Å²) < 4.78 is 14.0. The summed E-state index contributed by atoms with van der Waals surface area (Å²) in [5.41, 5.74) is 5.02. The van der Waals surface area contributed by atoms with Crippen molar-refractivity contribution in [3.05, 3.63) is 39.7 Å². The highest BCUT2D eigenvalue weighted by molar-refractivity contribution is 5.73. The van der Waals surface area contributed by atoms with Crippen LogP contribution in [0.2, 0.25) is 0 Å². The molecule has 1 aromatic rings. The largest absolute Gasteiger partial charge is 0.370 e. The summed E-state index contributed by atoms with van der Waals surface area (Å²) in [7, 11) is 0. The third-order valence-corrected chi connectivity index (χ3v) is 3.85. The second kappa shape index (κ2) is 6.62. The van der Waals surface area contributed by atoms with Crippen LogP contribution in [0.25, 0.3) is 0 Å². The predicted octanol–water partition coefficient (Wildman–Crippen LogP) is 1.82. The maximum atomic E-state index is 14.0. The van der Waals surface area contributed by atoms with Crippen LogP contribution in [-0.4, -0.2) is 28.8 Å². The lowest BCUT2D eigenvalue weighted by molar-refractivity contribution is -0.387. The van der Waals surface area contributed by atoms with Gasteiger partial charge in [0.2, 0.25) is 11.7 Å². The van der Waals surface area contributed by atoms with Gasteiger partial charge in [-0.3, -0.25) is 19.8 Å². The Morgan fingerprint density at radius 1 is 1.43 bits per heavy atom. The van der Waals surface area contributed by atoms with Crippen molar-refractivity contribution in [3.63, 3.8) is 0 Å². The van der Waals surface area contributed by atoms with Gasteiger partial charge in [-0.05, 0) is 31.8 Å². The molecular formula is C14H18FN3O3. The van der Waals surface area contributed by atoms with Gasteiger partial charge in [-0.15, -0.1) is 0 Å². The van der Waals surface area contributed by atoms with Crippen molar-refractivity contribution in [2.45, 2.75) is 25.8 Å². The van der Waals surface area contributed by atoms with Crippen LogP contribution >= 0.6 is 0 Å². The molecule has 2 N–H and O–H groups in total. The third kappa shape index (κ3) is 3.98. The molecule has 1 saturated heterocycles. The fourth-order valence-electron chi connectivity index (χ4n) is 2.70. The lowest BCUT2D eigenvalue weighted by Crippen LogP contribution is -2.34. The minimum Gasteiger partial charge on any atom is -0.370 e. The third-order valence-electron chi connectivity index (χ3n) is 3.85. The van der Waals surface area contributed by atoms with E-state index in [1.165, 1.54) is 6.07 Å². The van der Waals surface area contributed by atoms with E-state index in [9.17, 15) is 19.3 Å². The van der Waals surface area contributed by atoms with Gasteiger partial charge in [-0.25, -0.2) is 0 Å². The Bertz CT molecular complexity index is 542. The Kier molecular flexibility index (Phi) is 4.85. The molecular weight excluding hydrogens is 277 g/mol. The standard InChI is InChI=1S/C14H18FN3O3/c15-14-11(2-1-3-12(14)18(20)21)9-17-6-4-10(5-7-17)8-13(16)19/h1-3,10H,4-9H2,(H2,16,19). The van der Waals surface area contributed by atoms with Crippen LogP contribution in [0.1, 0.15) is 24.8 Å². The van der Waals surface area contributed by atoms with E-state index in [0.717, 1.165) is 32.0 Å². The van der Waals surface area contributed by atoms with E-state index >= 15 is 0 Å². The van der Waals surface area contributed by atoms with Crippen molar-refractivity contribution in [1.82, 2.24) is 4.90 Å². The number of nitro benzene ring substituents is 1. The molecule has 1 heterocycles. The van der Waals surface area contributed by atoms with Crippen LogP contribution in [0.4, 0.5) is 10.1 Å². The van der Waals surface area contributed by atoms with Crippen LogP contribution in [-0.2, 0) is 11.3 Å². The molecule has 2 rings (SSSR count). The van der Waals surface area contributed by atoms with Crippen molar-refractivity contribution in [3.8, 4) is 0 Å². The van der Waals surface area contributed by atoms with E-state index in [-0.39, 0.29) is 11.8 Å². The number of piperidine rings is 1. The molecule has 114 valence electrons. The topological polar surface area (TPSA) is 89.5 Å². The van der Waals surface area contributed by atoms with Crippen molar-refractivity contribution in [2.24, 2.45) is 11.7 Å². The SMILES string of the molecule is NC(=O)CC1CCN(Cc2cccc([N+](=O)[O-])c2F)CC1. The summed E-state index contributed by atoms with van der Waals surface area (Å²) in [6, 6.07) is 4.23. The number of carbonyl (C=O) groups excluding carboxylic acids is 1. The van der Waals surface area contributed by atoms with E-state index in [4.69, 9.17) is 5.73 Å². The molecule has 0 aromatic heterocycles. The van der Waals surface area contributed by atoms with E-state index in [1.807, 2.05) is 4.90 Å². The van der Waals surface area contributed by atoms with Gasteiger partial charge in [0, 0.05) is 24.6 Å². The monoisotopic (exact) mass is 295 g/mol. The molecule has 0 unspecified atom stereocenters. The van der Waals surface area contributed by atoms with Crippen LogP contribution < -0.4 is 5.73 Å². The highest BCUT2D eigenvalue weighted by Crippen LogP contribution is 2.25. The second-order valence-corrected chi connectivity index (χ2v) is 5.40. The Morgan fingerprint density at radius 3 is 2.67 bits per heavy atom. The van der Waals surface area contributed by atoms with Crippen LogP contribution in [0.5, 0.6) is 0 Å². The molecule has 1 amide bonds. The molecule has 0 atom stereocenters. The summed E-state index contributed by atoms with van der Waals surface area (Å²) in [4.78, 5) is 22.9. The molecule has 1 fully saturated rings. The fraction of sp³-hybridized carbons (Fsp3) is 0.500. The van der Waals surface area contributed by atoms with E-state index in [1.54, 1.807) is 6.07 Å². The zero-order valence-corrected chi connectivity index (χ0v) is 11.6. The zero-order chi connectivity index (χ0) is 15.4. The normalized spacial score (nSPS) is 16.8. The maximum Gasteiger partial charge on any atom is 0.305 e. The summed E-state index contributed by atoms with van der Waals surface area (Å²) in [5, 5.41) is 10.7. The molecule has 7 heteroatoms. The van der Waals surface area contributed by atoms with Crippen LogP contribution in [0.15, 0.2) is 18.2 Å². The molecule has 1 aliphatic rings. The van der Waals surface area contributed by atoms with Crippen LogP contribution in [0, 0.1) is 21.8 Å². The van der Waals surface area contributed by atoms with Gasteiger partial charge in [0.25, 0.3) is 0 Å². The number of hydrogen-bond donors (Lipinski definition) is 1. The molecule has 6 nitrogen and oxygen atoms in total. The smallest absolute Gasteiger partial charge is 0.305 e. The number of hydrogen-bond acceptors (Lipinski definition) is 4. The van der Waals surface area contributed by atoms with Gasteiger partial charge in [0.05, 0.1) is 4.92 Å². The predicted molar refractivity (Wildman–Crippen MR) is 74.9 cm³/mol. The molecule has 1 aromatic carbocycles. The van der Waals surface area contributed by atoms with Crippen molar-refractivity contribution in [2.75, 3.05) is 13.1 Å². The first-order valence-electron chi connectivity index (χ1n) is 6.90. The van der Waals surface area contributed by atoms with E-state index < -0.39 is 16.4 Å². The highest BCUT2D eigenvalue weighted by Gasteiger charge is 2.23. The number of nitro groups is 1. The molecule has 0 saturated carbocycles. The van der Waals surface area contributed by atoms with Gasteiger partial charge in [0.15, 0.2) is 0 Å². The number of benzene rings is 1. The molecule has 0 bridgehead atoms. The van der Waals surface area contributed by atoms with E-state index in [0.29, 0.717) is 18.5 Å². The number of rotatable bonds is 5. The lowest BCUT2D eigenvalue weighted by Gasteiger charge is -2.31. The van der Waals surface area contributed by atoms with Crippen molar-refractivity contribution >= 4 is 11.6 Å². The second-order valence-electron chi connectivity index (χ2n) is 5.40. The number of likely N-dealkylation sites (tertiary alicyclic amines) is 1. The first kappa shape index (κ1) is 15.4. The van der Waals surface area contributed by atoms with Crippen molar-refractivity contribution < 1.29 is 14.1 Å². The average Bonchev–Trinajstić information content (AvgIpc) is 2.42. The Morgan fingerprint density at radius 2 is 2.10 bits per heavy atom. The minimum atomic E-state index is -0.762. The number of primary amides is 1. The fourth-order valence-corrected chi connectivity index (χ4v) is 2.70. The quantitative estimate of drug-likeness (QED) is 0.662. The number of amides is 1. The van der Waals surface area contributed by atoms with Gasteiger partial charge in [-0.2, -0.15) is 4.39 Å². The summed E-state index contributed by atoms with van der Waals surface area (Å²) in [6.45, 7) is 1.82. The lowest BCUT2D eigenvalue weighted by atomic mass is 9.93.